The van der Waals surface area contributed by atoms with E-state index in [4.69, 9.17) is 4.74 Å². The van der Waals surface area contributed by atoms with Crippen molar-refractivity contribution in [1.29, 1.82) is 0 Å². The van der Waals surface area contributed by atoms with Crippen LogP contribution in [0.5, 0.6) is 5.75 Å². The number of benzene rings is 2. The number of aromatic amines is 1. The molecule has 0 fully saturated rings. The van der Waals surface area contributed by atoms with Crippen LogP contribution in [0.1, 0.15) is 21.6 Å². The molecule has 10 nitrogen and oxygen atoms in total. The average molecular weight is 539 g/mol. The van der Waals surface area contributed by atoms with Gasteiger partial charge in [-0.2, -0.15) is 0 Å². The molecule has 12 heteroatoms. The van der Waals surface area contributed by atoms with Gasteiger partial charge in [0.15, 0.2) is 0 Å². The number of hydrogen-bond acceptors (Lipinski definition) is 7. The highest BCUT2D eigenvalue weighted by atomic mass is 32.2. The van der Waals surface area contributed by atoms with Crippen LogP contribution in [0.4, 0.5) is 0 Å². The lowest BCUT2D eigenvalue weighted by Gasteiger charge is -2.13. The van der Waals surface area contributed by atoms with E-state index in [1.54, 1.807) is 45.7 Å². The first-order chi connectivity index (χ1) is 17.6. The highest BCUT2D eigenvalue weighted by Crippen LogP contribution is 2.31. The third-order valence-corrected chi connectivity index (χ3v) is 7.22. The van der Waals surface area contributed by atoms with Crippen molar-refractivity contribution in [3.8, 4) is 11.4 Å². The van der Waals surface area contributed by atoms with Gasteiger partial charge in [-0.25, -0.2) is 22.5 Å². The van der Waals surface area contributed by atoms with E-state index in [2.05, 4.69) is 4.98 Å². The number of thiophene rings is 1. The van der Waals surface area contributed by atoms with Crippen LogP contribution in [0, 0.1) is 6.92 Å². The van der Waals surface area contributed by atoms with Gasteiger partial charge >= 0.3 is 5.69 Å². The van der Waals surface area contributed by atoms with Crippen LogP contribution in [0.2, 0.25) is 0 Å². The minimum Gasteiger partial charge on any atom is -0.497 e. The maximum atomic E-state index is 13.5. The Labute approximate surface area is 214 Å². The molecule has 5 rings (SSSR count). The van der Waals surface area contributed by atoms with Crippen LogP contribution in [-0.2, 0) is 16.6 Å². The van der Waals surface area contributed by atoms with Crippen molar-refractivity contribution in [2.24, 2.45) is 0 Å². The molecule has 2 N–H and O–H groups in total. The summed E-state index contributed by atoms with van der Waals surface area (Å²) in [6, 6.07) is 12.5. The number of aromatic nitrogens is 3. The molecular formula is C25H22N4O6S2. The number of fused-ring (bicyclic) bond motifs is 2. The minimum atomic E-state index is -3.97. The fourth-order valence-corrected chi connectivity index (χ4v) is 5.58. The van der Waals surface area contributed by atoms with Gasteiger partial charge in [-0.1, -0.05) is 23.8 Å². The molecule has 1 amide bonds. The van der Waals surface area contributed by atoms with Crippen LogP contribution in [-0.4, -0.2) is 41.8 Å². The molecule has 0 aliphatic heterocycles. The molecule has 2 aromatic carbocycles. The van der Waals surface area contributed by atoms with E-state index in [0.717, 1.165) is 21.9 Å². The van der Waals surface area contributed by atoms with Crippen molar-refractivity contribution in [2.45, 2.75) is 13.5 Å². The molecule has 37 heavy (non-hydrogen) atoms. The number of aryl methyl sites for hydroxylation is 1. The number of amides is 1. The molecule has 3 heterocycles. The number of carbonyl (C=O) groups is 1. The van der Waals surface area contributed by atoms with Gasteiger partial charge < -0.3 is 14.3 Å². The number of nitrogens with one attached hydrogen (secondary N) is 2. The maximum Gasteiger partial charge on any atom is 0.333 e. The van der Waals surface area contributed by atoms with Gasteiger partial charge in [-0.05, 0) is 36.8 Å². The van der Waals surface area contributed by atoms with Gasteiger partial charge in [0.1, 0.15) is 11.4 Å². The standard InChI is InChI=1S/C25H22N4O6S2/c1-14-7-8-20-17(9-14)21(29-24(31)18-12-36-13-19(18)26-25(29)32)22(23(30)27-37(3,33)34)28(20)11-15-5-4-6-16(10-15)35-2/h4-10,12-13H,11H2,1-3H3,(H,26,32)(H,27,30). The summed E-state index contributed by atoms with van der Waals surface area (Å²) in [4.78, 5) is 43.0. The predicted octanol–water partition coefficient (Wildman–Crippen LogP) is 2.75. The van der Waals surface area contributed by atoms with Crippen LogP contribution in [0.25, 0.3) is 27.5 Å². The van der Waals surface area contributed by atoms with Gasteiger partial charge in [-0.15, -0.1) is 11.3 Å². The van der Waals surface area contributed by atoms with E-state index in [9.17, 15) is 22.8 Å². The molecule has 0 saturated carbocycles. The third kappa shape index (κ3) is 4.45. The second-order valence-corrected chi connectivity index (χ2v) is 11.1. The second kappa shape index (κ2) is 9.05. The third-order valence-electron chi connectivity index (χ3n) is 5.92. The molecule has 0 atom stereocenters. The van der Waals surface area contributed by atoms with Crippen LogP contribution < -0.4 is 20.7 Å². The van der Waals surface area contributed by atoms with E-state index in [1.807, 2.05) is 23.8 Å². The summed E-state index contributed by atoms with van der Waals surface area (Å²) in [6.07, 6.45) is 0.861. The fraction of sp³-hybridized carbons (Fsp3) is 0.160. The number of rotatable bonds is 6. The average Bonchev–Trinajstić information content (AvgIpc) is 3.41. The van der Waals surface area contributed by atoms with E-state index < -0.39 is 27.2 Å². The van der Waals surface area contributed by atoms with Crippen LogP contribution in [0.3, 0.4) is 0 Å². The zero-order chi connectivity index (χ0) is 26.5. The smallest absolute Gasteiger partial charge is 0.333 e. The largest absolute Gasteiger partial charge is 0.497 e. The van der Waals surface area contributed by atoms with Crippen molar-refractivity contribution >= 4 is 49.1 Å². The first-order valence-corrected chi connectivity index (χ1v) is 13.9. The lowest BCUT2D eigenvalue weighted by molar-refractivity contribution is 0.0973. The summed E-state index contributed by atoms with van der Waals surface area (Å²) in [5.74, 6) is -0.367. The van der Waals surface area contributed by atoms with E-state index in [0.29, 0.717) is 22.2 Å². The summed E-state index contributed by atoms with van der Waals surface area (Å²) >= 11 is 1.26. The zero-order valence-electron chi connectivity index (χ0n) is 20.1. The van der Waals surface area contributed by atoms with E-state index in [1.165, 1.54) is 18.4 Å². The highest BCUT2D eigenvalue weighted by Gasteiger charge is 2.28. The number of sulfonamides is 1. The Balaban J connectivity index is 1.90. The van der Waals surface area contributed by atoms with Gasteiger partial charge in [0.2, 0.25) is 10.0 Å². The summed E-state index contributed by atoms with van der Waals surface area (Å²) < 4.78 is 34.0. The van der Waals surface area contributed by atoms with E-state index in [-0.39, 0.29) is 23.3 Å². The van der Waals surface area contributed by atoms with E-state index >= 15 is 0 Å². The molecule has 5 aromatic rings. The topological polar surface area (TPSA) is 132 Å². The summed E-state index contributed by atoms with van der Waals surface area (Å²) in [5.41, 5.74) is 1.00. The number of methoxy groups -OCH3 is 1. The van der Waals surface area contributed by atoms with Crippen molar-refractivity contribution in [2.75, 3.05) is 13.4 Å². The molecule has 0 radical (unpaired) electrons. The van der Waals surface area contributed by atoms with Gasteiger partial charge in [0.25, 0.3) is 11.5 Å². The number of carbonyl (C=O) groups excluding carboxylic acids is 1. The van der Waals surface area contributed by atoms with Crippen molar-refractivity contribution in [3.63, 3.8) is 0 Å². The Morgan fingerprint density at radius 1 is 1.11 bits per heavy atom. The Bertz CT molecular complexity index is 1930. The minimum absolute atomic E-state index is 0.00194. The lowest BCUT2D eigenvalue weighted by Crippen LogP contribution is -2.37. The molecule has 0 saturated heterocycles. The Kier molecular flexibility index (Phi) is 6.00. The number of hydrogen-bond donors (Lipinski definition) is 2. The number of nitrogens with zero attached hydrogens (tertiary/aromatic N) is 2. The molecule has 0 spiro atoms. The first-order valence-electron chi connectivity index (χ1n) is 11.1. The quantitative estimate of drug-likeness (QED) is 0.342. The lowest BCUT2D eigenvalue weighted by atomic mass is 10.1. The zero-order valence-corrected chi connectivity index (χ0v) is 21.7. The maximum absolute atomic E-state index is 13.5. The normalized spacial score (nSPS) is 11.8. The summed E-state index contributed by atoms with van der Waals surface area (Å²) in [5, 5.41) is 3.99. The monoisotopic (exact) mass is 538 g/mol. The summed E-state index contributed by atoms with van der Waals surface area (Å²) in [7, 11) is -2.43. The van der Waals surface area contributed by atoms with Gasteiger partial charge in [0.05, 0.1) is 35.5 Å². The van der Waals surface area contributed by atoms with Crippen molar-refractivity contribution in [3.05, 3.63) is 90.9 Å². The van der Waals surface area contributed by atoms with Crippen molar-refractivity contribution in [1.82, 2.24) is 18.8 Å². The molecule has 0 aliphatic rings. The summed E-state index contributed by atoms with van der Waals surface area (Å²) in [6.45, 7) is 1.98. The second-order valence-electron chi connectivity index (χ2n) is 8.63. The highest BCUT2D eigenvalue weighted by molar-refractivity contribution is 7.89. The molecular weight excluding hydrogens is 516 g/mol. The first kappa shape index (κ1) is 24.5. The van der Waals surface area contributed by atoms with Crippen LogP contribution >= 0.6 is 11.3 Å². The number of ether oxygens (including phenoxy) is 1. The van der Waals surface area contributed by atoms with Gasteiger partial charge in [-0.3, -0.25) is 9.59 Å². The predicted molar refractivity (Wildman–Crippen MR) is 143 cm³/mol. The molecule has 0 bridgehead atoms. The molecule has 0 unspecified atom stereocenters. The number of H-pyrrole nitrogens is 1. The molecule has 3 aromatic heterocycles. The fourth-order valence-electron chi connectivity index (χ4n) is 4.39. The Morgan fingerprint density at radius 3 is 2.62 bits per heavy atom. The van der Waals surface area contributed by atoms with Crippen molar-refractivity contribution < 1.29 is 17.9 Å². The Hall–Kier alpha value is -4.16. The molecule has 0 aliphatic carbocycles. The SMILES string of the molecule is COc1cccc(Cn2c(C(=O)NS(C)(=O)=O)c(-n3c(=O)[nH]c4cscc4c3=O)c3cc(C)ccc32)c1. The van der Waals surface area contributed by atoms with Gasteiger partial charge in [0, 0.05) is 22.7 Å². The van der Waals surface area contributed by atoms with Crippen LogP contribution in [0.15, 0.2) is 62.8 Å². The Morgan fingerprint density at radius 2 is 1.89 bits per heavy atom. The molecule has 190 valence electrons.